The van der Waals surface area contributed by atoms with Gasteiger partial charge < -0.3 is 9.15 Å². The molecular formula is C16H13ClN2O3S. The molecule has 0 fully saturated rings. The molecule has 3 aromatic heterocycles. The Balaban J connectivity index is 1.99. The molecule has 0 saturated carbocycles. The summed E-state index contributed by atoms with van der Waals surface area (Å²) in [6.45, 7) is 1.91. The second-order valence-corrected chi connectivity index (χ2v) is 5.93. The van der Waals surface area contributed by atoms with Crippen molar-refractivity contribution in [3.63, 3.8) is 0 Å². The van der Waals surface area contributed by atoms with Gasteiger partial charge in [0.25, 0.3) is 5.88 Å². The van der Waals surface area contributed by atoms with E-state index in [2.05, 4.69) is 9.97 Å². The standard InChI is InChI=1S/C16H13ClN2O3S/c1-2-3-13(20)21-16-14(11-6-7-23-9-11)22-15(19-16)10-4-5-12(17)18-8-10/h4-9H,2-3H2,1H3. The predicted octanol–water partition coefficient (Wildman–Crippen LogP) is 4.82. The topological polar surface area (TPSA) is 65.2 Å². The van der Waals surface area contributed by atoms with Crippen molar-refractivity contribution in [2.75, 3.05) is 0 Å². The van der Waals surface area contributed by atoms with Crippen molar-refractivity contribution in [2.45, 2.75) is 19.8 Å². The van der Waals surface area contributed by atoms with Gasteiger partial charge in [0.2, 0.25) is 5.89 Å². The van der Waals surface area contributed by atoms with Gasteiger partial charge in [-0.25, -0.2) is 4.98 Å². The highest BCUT2D eigenvalue weighted by atomic mass is 35.5. The average Bonchev–Trinajstić information content (AvgIpc) is 3.17. The zero-order valence-electron chi connectivity index (χ0n) is 12.3. The number of carbonyl (C=O) groups excluding carboxylic acids is 1. The molecule has 3 rings (SSSR count). The minimum atomic E-state index is -0.335. The second-order valence-electron chi connectivity index (χ2n) is 4.76. The fourth-order valence-electron chi connectivity index (χ4n) is 1.94. The van der Waals surface area contributed by atoms with Crippen LogP contribution in [0, 0.1) is 0 Å². The minimum absolute atomic E-state index is 0.173. The highest BCUT2D eigenvalue weighted by molar-refractivity contribution is 7.08. The van der Waals surface area contributed by atoms with Crippen LogP contribution in [-0.2, 0) is 4.79 Å². The number of carbonyl (C=O) groups is 1. The van der Waals surface area contributed by atoms with E-state index < -0.39 is 0 Å². The zero-order valence-corrected chi connectivity index (χ0v) is 13.9. The second kappa shape index (κ2) is 6.93. The molecule has 0 aromatic carbocycles. The van der Waals surface area contributed by atoms with Crippen molar-refractivity contribution in [2.24, 2.45) is 0 Å². The highest BCUT2D eigenvalue weighted by Gasteiger charge is 2.20. The molecule has 0 aliphatic heterocycles. The zero-order chi connectivity index (χ0) is 16.2. The molecule has 0 spiro atoms. The number of halogens is 1. The Morgan fingerprint density at radius 2 is 2.22 bits per heavy atom. The summed E-state index contributed by atoms with van der Waals surface area (Å²) in [7, 11) is 0. The summed E-state index contributed by atoms with van der Waals surface area (Å²) in [4.78, 5) is 20.1. The van der Waals surface area contributed by atoms with Gasteiger partial charge in [0.05, 0.1) is 5.56 Å². The lowest BCUT2D eigenvalue weighted by Gasteiger charge is -2.00. The molecule has 23 heavy (non-hydrogen) atoms. The van der Waals surface area contributed by atoms with Gasteiger partial charge in [0.15, 0.2) is 5.76 Å². The summed E-state index contributed by atoms with van der Waals surface area (Å²) in [6.07, 6.45) is 2.59. The van der Waals surface area contributed by atoms with E-state index in [1.54, 1.807) is 18.3 Å². The van der Waals surface area contributed by atoms with Gasteiger partial charge in [-0.15, -0.1) is 0 Å². The van der Waals surface area contributed by atoms with Crippen LogP contribution in [0.5, 0.6) is 5.88 Å². The van der Waals surface area contributed by atoms with Gasteiger partial charge in [0.1, 0.15) is 5.15 Å². The van der Waals surface area contributed by atoms with Crippen LogP contribution in [0.15, 0.2) is 39.6 Å². The maximum atomic E-state index is 11.8. The first-order chi connectivity index (χ1) is 11.2. The summed E-state index contributed by atoms with van der Waals surface area (Å²) in [5.74, 6) is 0.597. The van der Waals surface area contributed by atoms with E-state index in [-0.39, 0.29) is 11.8 Å². The van der Waals surface area contributed by atoms with Gasteiger partial charge in [-0.05, 0) is 30.0 Å². The van der Waals surface area contributed by atoms with E-state index in [4.69, 9.17) is 20.8 Å². The van der Waals surface area contributed by atoms with E-state index in [0.717, 1.165) is 5.56 Å². The number of esters is 1. The fraction of sp³-hybridized carbons (Fsp3) is 0.188. The Labute approximate surface area is 141 Å². The first-order valence-electron chi connectivity index (χ1n) is 7.03. The van der Waals surface area contributed by atoms with E-state index in [1.165, 1.54) is 11.3 Å². The third-order valence-electron chi connectivity index (χ3n) is 3.02. The van der Waals surface area contributed by atoms with Crippen molar-refractivity contribution >= 4 is 28.9 Å². The maximum Gasteiger partial charge on any atom is 0.312 e. The Hall–Kier alpha value is -2.18. The number of ether oxygens (including phenoxy) is 1. The van der Waals surface area contributed by atoms with Crippen LogP contribution < -0.4 is 4.74 Å². The summed E-state index contributed by atoms with van der Waals surface area (Å²) >= 11 is 7.31. The minimum Gasteiger partial charge on any atom is -0.432 e. The number of aromatic nitrogens is 2. The van der Waals surface area contributed by atoms with Crippen molar-refractivity contribution in [1.82, 2.24) is 9.97 Å². The molecule has 0 bridgehead atoms. The number of rotatable bonds is 5. The van der Waals surface area contributed by atoms with Crippen LogP contribution >= 0.6 is 22.9 Å². The average molecular weight is 349 g/mol. The Kier molecular flexibility index (Phi) is 4.73. The Bertz CT molecular complexity index is 797. The predicted molar refractivity (Wildman–Crippen MR) is 88.6 cm³/mol. The fourth-order valence-corrected chi connectivity index (χ4v) is 2.69. The lowest BCUT2D eigenvalue weighted by atomic mass is 10.3. The van der Waals surface area contributed by atoms with Crippen molar-refractivity contribution < 1.29 is 13.9 Å². The third-order valence-corrected chi connectivity index (χ3v) is 3.93. The molecule has 5 nitrogen and oxygen atoms in total. The molecule has 0 aliphatic rings. The largest absolute Gasteiger partial charge is 0.432 e. The highest BCUT2D eigenvalue weighted by Crippen LogP contribution is 2.35. The van der Waals surface area contributed by atoms with Crippen LogP contribution in [0.1, 0.15) is 19.8 Å². The quantitative estimate of drug-likeness (QED) is 0.488. The third kappa shape index (κ3) is 3.60. The first kappa shape index (κ1) is 15.7. The molecule has 0 radical (unpaired) electrons. The van der Waals surface area contributed by atoms with Crippen molar-refractivity contribution in [3.05, 3.63) is 40.3 Å². The van der Waals surface area contributed by atoms with Crippen LogP contribution in [0.25, 0.3) is 22.8 Å². The van der Waals surface area contributed by atoms with Crippen LogP contribution in [0.3, 0.4) is 0 Å². The SMILES string of the molecule is CCCC(=O)Oc1nc(-c2ccc(Cl)nc2)oc1-c1ccsc1. The van der Waals surface area contributed by atoms with E-state index >= 15 is 0 Å². The molecule has 0 saturated heterocycles. The van der Waals surface area contributed by atoms with Crippen LogP contribution in [0.2, 0.25) is 5.15 Å². The van der Waals surface area contributed by atoms with Gasteiger partial charge >= 0.3 is 5.97 Å². The molecule has 3 aromatic rings. The van der Waals surface area contributed by atoms with Crippen LogP contribution in [0.4, 0.5) is 0 Å². The molecule has 0 amide bonds. The number of thiophene rings is 1. The molecule has 118 valence electrons. The lowest BCUT2D eigenvalue weighted by molar-refractivity contribution is -0.134. The molecule has 7 heteroatoms. The number of hydrogen-bond acceptors (Lipinski definition) is 6. The first-order valence-corrected chi connectivity index (χ1v) is 8.35. The molecule has 0 atom stereocenters. The van der Waals surface area contributed by atoms with Gasteiger partial charge in [0, 0.05) is 23.6 Å². The van der Waals surface area contributed by atoms with Crippen LogP contribution in [-0.4, -0.2) is 15.9 Å². The summed E-state index contributed by atoms with van der Waals surface area (Å²) < 4.78 is 11.1. The van der Waals surface area contributed by atoms with E-state index in [9.17, 15) is 4.79 Å². The summed E-state index contributed by atoms with van der Waals surface area (Å²) in [5.41, 5.74) is 1.47. The molecule has 3 heterocycles. The normalized spacial score (nSPS) is 10.7. The summed E-state index contributed by atoms with van der Waals surface area (Å²) in [6, 6.07) is 5.27. The molecular weight excluding hydrogens is 336 g/mol. The number of pyridine rings is 1. The Morgan fingerprint density at radius 3 is 2.87 bits per heavy atom. The molecule has 0 N–H and O–H groups in total. The monoisotopic (exact) mass is 348 g/mol. The maximum absolute atomic E-state index is 11.8. The van der Waals surface area contributed by atoms with E-state index in [0.29, 0.717) is 35.2 Å². The molecule has 0 unspecified atom stereocenters. The summed E-state index contributed by atoms with van der Waals surface area (Å²) in [5, 5.41) is 4.20. The van der Waals surface area contributed by atoms with Crippen molar-refractivity contribution in [1.29, 1.82) is 0 Å². The van der Waals surface area contributed by atoms with E-state index in [1.807, 2.05) is 23.8 Å². The van der Waals surface area contributed by atoms with Gasteiger partial charge in [-0.2, -0.15) is 16.3 Å². The Morgan fingerprint density at radius 1 is 1.35 bits per heavy atom. The lowest BCUT2D eigenvalue weighted by Crippen LogP contribution is -2.07. The van der Waals surface area contributed by atoms with Gasteiger partial charge in [-0.1, -0.05) is 18.5 Å². The van der Waals surface area contributed by atoms with Crippen molar-refractivity contribution in [3.8, 4) is 28.7 Å². The van der Waals surface area contributed by atoms with Gasteiger partial charge in [-0.3, -0.25) is 4.79 Å². The number of hydrogen-bond donors (Lipinski definition) is 0. The number of oxazole rings is 1. The molecule has 0 aliphatic carbocycles. The smallest absolute Gasteiger partial charge is 0.312 e. The number of nitrogens with zero attached hydrogens (tertiary/aromatic N) is 2.